The van der Waals surface area contributed by atoms with Crippen molar-refractivity contribution in [2.45, 2.75) is 19.8 Å². The summed E-state index contributed by atoms with van der Waals surface area (Å²) in [5, 5.41) is 0. The van der Waals surface area contributed by atoms with Crippen LogP contribution in [-0.2, 0) is 9.53 Å². The van der Waals surface area contributed by atoms with Crippen molar-refractivity contribution in [1.82, 2.24) is 0 Å². The molecule has 0 aliphatic carbocycles. The van der Waals surface area contributed by atoms with Crippen LogP contribution >= 0.6 is 0 Å². The molecule has 2 nitrogen and oxygen atoms in total. The zero-order chi connectivity index (χ0) is 7.11. The summed E-state index contributed by atoms with van der Waals surface area (Å²) < 4.78 is 4.65. The van der Waals surface area contributed by atoms with E-state index in [-0.39, 0.29) is 5.97 Å². The van der Waals surface area contributed by atoms with Crippen molar-refractivity contribution in [3.05, 3.63) is 13.3 Å². The molecule has 0 rings (SSSR count). The molecule has 0 saturated heterocycles. The van der Waals surface area contributed by atoms with Crippen molar-refractivity contribution >= 4 is 5.97 Å². The van der Waals surface area contributed by atoms with Crippen molar-refractivity contribution < 1.29 is 9.53 Å². The first-order valence-corrected chi connectivity index (χ1v) is 3.07. The fraction of sp³-hybridized carbons (Fsp3) is 0.571. The van der Waals surface area contributed by atoms with Gasteiger partial charge in [-0.15, -0.1) is 0 Å². The second-order valence-corrected chi connectivity index (χ2v) is 1.59. The van der Waals surface area contributed by atoms with Crippen molar-refractivity contribution in [3.8, 4) is 0 Å². The zero-order valence-corrected chi connectivity index (χ0v) is 5.72. The number of hydrogen-bond donors (Lipinski definition) is 0. The fourth-order valence-corrected chi connectivity index (χ4v) is 0.440. The minimum atomic E-state index is -0.166. The summed E-state index contributed by atoms with van der Waals surface area (Å²) in [4.78, 5) is 10.5. The summed E-state index contributed by atoms with van der Waals surface area (Å²) in [6.07, 6.45) is 2.86. The second kappa shape index (κ2) is 5.60. The molecule has 9 heavy (non-hydrogen) atoms. The molecule has 0 saturated carbocycles. The topological polar surface area (TPSA) is 26.3 Å². The van der Waals surface area contributed by atoms with Gasteiger partial charge in [-0.2, -0.15) is 0 Å². The standard InChI is InChI=1S/C7H12O2/c1-3-5-6-7(8)9-4-2/h5H,1,3-4,6H2,2H3. The van der Waals surface area contributed by atoms with Gasteiger partial charge in [0.25, 0.3) is 0 Å². The molecule has 0 aromatic carbocycles. The van der Waals surface area contributed by atoms with Gasteiger partial charge in [-0.3, -0.25) is 4.79 Å². The normalized spacial score (nSPS) is 9.11. The highest BCUT2D eigenvalue weighted by atomic mass is 16.5. The smallest absolute Gasteiger partial charge is 0.306 e. The third-order valence-corrected chi connectivity index (χ3v) is 0.820. The lowest BCUT2D eigenvalue weighted by Gasteiger charge is -1.97. The first-order valence-electron chi connectivity index (χ1n) is 3.07. The van der Waals surface area contributed by atoms with E-state index in [1.807, 2.05) is 0 Å². The Balaban J connectivity index is 3.06. The number of unbranched alkanes of at least 4 members (excludes halogenated alkanes) is 1. The number of rotatable bonds is 4. The maximum atomic E-state index is 10.5. The van der Waals surface area contributed by atoms with E-state index in [1.165, 1.54) is 0 Å². The molecular weight excluding hydrogens is 116 g/mol. The Labute approximate surface area is 56.2 Å². The Bertz CT molecular complexity index is 79.0. The maximum absolute atomic E-state index is 10.5. The molecule has 0 bridgehead atoms. The van der Waals surface area contributed by atoms with Crippen LogP contribution in [-0.4, -0.2) is 12.6 Å². The van der Waals surface area contributed by atoms with Gasteiger partial charge in [0.2, 0.25) is 0 Å². The Kier molecular flexibility index (Phi) is 5.27. The number of hydrogen-bond acceptors (Lipinski definition) is 2. The lowest BCUT2D eigenvalue weighted by Crippen LogP contribution is -2.02. The highest BCUT2D eigenvalue weighted by molar-refractivity contribution is 5.70. The second-order valence-electron chi connectivity index (χ2n) is 1.59. The number of esters is 1. The van der Waals surface area contributed by atoms with Gasteiger partial charge in [-0.05, 0) is 19.8 Å². The van der Waals surface area contributed by atoms with Crippen LogP contribution in [0.3, 0.4) is 0 Å². The van der Waals surface area contributed by atoms with Gasteiger partial charge in [0.15, 0.2) is 0 Å². The van der Waals surface area contributed by atoms with Crippen molar-refractivity contribution in [3.63, 3.8) is 0 Å². The zero-order valence-electron chi connectivity index (χ0n) is 5.72. The Hall–Kier alpha value is -0.530. The van der Waals surface area contributed by atoms with Crippen molar-refractivity contribution in [1.29, 1.82) is 0 Å². The van der Waals surface area contributed by atoms with E-state index in [9.17, 15) is 4.79 Å². The third kappa shape index (κ3) is 5.34. The molecule has 0 amide bonds. The van der Waals surface area contributed by atoms with Crippen LogP contribution in [0.4, 0.5) is 0 Å². The van der Waals surface area contributed by atoms with Crippen molar-refractivity contribution in [2.24, 2.45) is 0 Å². The molecule has 0 spiro atoms. The van der Waals surface area contributed by atoms with Crippen molar-refractivity contribution in [2.75, 3.05) is 6.61 Å². The number of carbonyl (C=O) groups is 1. The van der Waals surface area contributed by atoms with Gasteiger partial charge in [0, 0.05) is 6.42 Å². The molecule has 0 atom stereocenters. The van der Waals surface area contributed by atoms with Crippen LogP contribution in [0.15, 0.2) is 0 Å². The largest absolute Gasteiger partial charge is 0.466 e. The van der Waals surface area contributed by atoms with Gasteiger partial charge in [-0.25, -0.2) is 0 Å². The summed E-state index contributed by atoms with van der Waals surface area (Å²) in [5.74, 6) is -0.166. The Morgan fingerprint density at radius 1 is 1.78 bits per heavy atom. The average molecular weight is 128 g/mol. The fourth-order valence-electron chi connectivity index (χ4n) is 0.440. The van der Waals surface area contributed by atoms with Gasteiger partial charge in [0.05, 0.1) is 6.61 Å². The molecular formula is C7H12O2. The van der Waals surface area contributed by atoms with Crippen LogP contribution in [0.2, 0.25) is 0 Å². The summed E-state index contributed by atoms with van der Waals surface area (Å²) in [6.45, 7) is 5.81. The van der Waals surface area contributed by atoms with E-state index >= 15 is 0 Å². The van der Waals surface area contributed by atoms with Crippen LogP contribution in [0.25, 0.3) is 0 Å². The minimum Gasteiger partial charge on any atom is -0.466 e. The van der Waals surface area contributed by atoms with Gasteiger partial charge in [0.1, 0.15) is 0 Å². The summed E-state index contributed by atoms with van der Waals surface area (Å²) in [6, 6.07) is 0. The summed E-state index contributed by atoms with van der Waals surface area (Å²) in [7, 11) is 0. The molecule has 52 valence electrons. The van der Waals surface area contributed by atoms with E-state index in [0.717, 1.165) is 0 Å². The van der Waals surface area contributed by atoms with Crippen LogP contribution in [0.1, 0.15) is 19.8 Å². The van der Waals surface area contributed by atoms with E-state index in [2.05, 4.69) is 11.7 Å². The lowest BCUT2D eigenvalue weighted by atomic mass is 10.3. The van der Waals surface area contributed by atoms with E-state index in [0.29, 0.717) is 19.4 Å². The number of ether oxygens (including phenoxy) is 1. The Morgan fingerprint density at radius 3 is 2.89 bits per heavy atom. The molecule has 0 aromatic heterocycles. The molecule has 2 radical (unpaired) electrons. The molecule has 0 heterocycles. The number of carbonyl (C=O) groups excluding carboxylic acids is 1. The molecule has 0 unspecified atom stereocenters. The predicted octanol–water partition coefficient (Wildman–Crippen LogP) is 1.37. The summed E-state index contributed by atoms with van der Waals surface area (Å²) in [5.41, 5.74) is 0. The average Bonchev–Trinajstić information content (AvgIpc) is 1.85. The van der Waals surface area contributed by atoms with E-state index in [4.69, 9.17) is 0 Å². The van der Waals surface area contributed by atoms with Crippen LogP contribution in [0, 0.1) is 13.3 Å². The molecule has 0 fully saturated rings. The quantitative estimate of drug-likeness (QED) is 0.534. The molecule has 0 aliphatic rings. The highest BCUT2D eigenvalue weighted by Gasteiger charge is 1.97. The lowest BCUT2D eigenvalue weighted by molar-refractivity contribution is -0.142. The third-order valence-electron chi connectivity index (χ3n) is 0.820. The van der Waals surface area contributed by atoms with Crippen LogP contribution in [0.5, 0.6) is 0 Å². The van der Waals surface area contributed by atoms with E-state index in [1.54, 1.807) is 13.3 Å². The molecule has 0 aromatic rings. The predicted molar refractivity (Wildman–Crippen MR) is 35.5 cm³/mol. The Morgan fingerprint density at radius 2 is 2.44 bits per heavy atom. The maximum Gasteiger partial charge on any atom is 0.306 e. The minimum absolute atomic E-state index is 0.166. The molecule has 2 heteroatoms. The molecule has 0 N–H and O–H groups in total. The van der Waals surface area contributed by atoms with E-state index < -0.39 is 0 Å². The monoisotopic (exact) mass is 128 g/mol. The summed E-state index contributed by atoms with van der Waals surface area (Å²) >= 11 is 0. The SMILES string of the molecule is [CH2]C[CH]CC(=O)OCC. The highest BCUT2D eigenvalue weighted by Crippen LogP contribution is 1.93. The van der Waals surface area contributed by atoms with Crippen LogP contribution < -0.4 is 0 Å². The van der Waals surface area contributed by atoms with Gasteiger partial charge >= 0.3 is 5.97 Å². The van der Waals surface area contributed by atoms with Gasteiger partial charge < -0.3 is 4.74 Å². The molecule has 0 aliphatic heterocycles. The van der Waals surface area contributed by atoms with Gasteiger partial charge in [-0.1, -0.05) is 6.92 Å². The first-order chi connectivity index (χ1) is 4.31. The first kappa shape index (κ1) is 8.47.